The molecular formula is C15H25Cl2IN2. The summed E-state index contributed by atoms with van der Waals surface area (Å²) in [5, 5.41) is 3.45. The van der Waals surface area contributed by atoms with Crippen LogP contribution in [0.25, 0.3) is 0 Å². The van der Waals surface area contributed by atoms with Crippen LogP contribution >= 0.6 is 47.4 Å². The molecule has 1 aliphatic rings. The minimum absolute atomic E-state index is 0. The Labute approximate surface area is 149 Å². The smallest absolute Gasteiger partial charge is 0.0362 e. The summed E-state index contributed by atoms with van der Waals surface area (Å²) >= 11 is 2.48. The fourth-order valence-electron chi connectivity index (χ4n) is 2.66. The zero-order valence-electron chi connectivity index (χ0n) is 12.1. The first-order chi connectivity index (χ1) is 8.68. The van der Waals surface area contributed by atoms with Crippen molar-refractivity contribution in [1.29, 1.82) is 0 Å². The van der Waals surface area contributed by atoms with Crippen LogP contribution in [0.5, 0.6) is 0 Å². The van der Waals surface area contributed by atoms with E-state index in [0.717, 1.165) is 19.0 Å². The highest BCUT2D eigenvalue weighted by Crippen LogP contribution is 2.31. The summed E-state index contributed by atoms with van der Waals surface area (Å²) in [6.45, 7) is 9.23. The van der Waals surface area contributed by atoms with Gasteiger partial charge in [-0.05, 0) is 46.6 Å². The number of hydrogen-bond donors (Lipinski definition) is 1. The second-order valence-corrected chi connectivity index (χ2v) is 6.62. The van der Waals surface area contributed by atoms with Gasteiger partial charge >= 0.3 is 0 Å². The zero-order chi connectivity index (χ0) is 13.0. The van der Waals surface area contributed by atoms with Crippen LogP contribution in [0.15, 0.2) is 24.3 Å². The normalized spacial score (nSPS) is 17.2. The Balaban J connectivity index is 0.00000180. The molecule has 1 atom stereocenters. The molecule has 0 bridgehead atoms. The average Bonchev–Trinajstić information content (AvgIpc) is 2.38. The summed E-state index contributed by atoms with van der Waals surface area (Å²) in [6.07, 6.45) is 1.25. The van der Waals surface area contributed by atoms with Gasteiger partial charge in [0.1, 0.15) is 0 Å². The highest BCUT2D eigenvalue weighted by molar-refractivity contribution is 14.1. The molecule has 1 fully saturated rings. The fraction of sp³-hybridized carbons (Fsp3) is 0.600. The molecular weight excluding hydrogens is 406 g/mol. The Hall–Kier alpha value is 0.450. The molecule has 0 unspecified atom stereocenters. The van der Waals surface area contributed by atoms with Crippen molar-refractivity contribution in [2.45, 2.75) is 26.3 Å². The van der Waals surface area contributed by atoms with E-state index < -0.39 is 0 Å². The van der Waals surface area contributed by atoms with Gasteiger partial charge in [0.05, 0.1) is 0 Å². The molecule has 0 radical (unpaired) electrons. The number of benzene rings is 1. The van der Waals surface area contributed by atoms with E-state index in [0.29, 0.717) is 6.04 Å². The Morgan fingerprint density at radius 3 is 2.30 bits per heavy atom. The first-order valence-corrected chi connectivity index (χ1v) is 7.95. The molecule has 2 rings (SSSR count). The molecule has 1 aromatic rings. The maximum Gasteiger partial charge on any atom is 0.0362 e. The van der Waals surface area contributed by atoms with Crippen molar-refractivity contribution >= 4 is 47.4 Å². The van der Waals surface area contributed by atoms with Gasteiger partial charge in [0, 0.05) is 35.8 Å². The third-order valence-corrected chi connectivity index (χ3v) is 4.53. The van der Waals surface area contributed by atoms with Gasteiger partial charge in [0.25, 0.3) is 0 Å². The van der Waals surface area contributed by atoms with E-state index in [9.17, 15) is 0 Å². The lowest BCUT2D eigenvalue weighted by atomic mass is 9.95. The minimum Gasteiger partial charge on any atom is -0.314 e. The number of hydrogen-bond acceptors (Lipinski definition) is 2. The third kappa shape index (κ3) is 5.68. The van der Waals surface area contributed by atoms with E-state index in [2.05, 4.69) is 70.9 Å². The molecule has 0 aliphatic carbocycles. The number of rotatable bonds is 4. The van der Waals surface area contributed by atoms with Gasteiger partial charge < -0.3 is 5.32 Å². The molecule has 1 saturated heterocycles. The van der Waals surface area contributed by atoms with Crippen LogP contribution < -0.4 is 5.32 Å². The second-order valence-electron chi connectivity index (χ2n) is 5.45. The number of halogens is 3. The summed E-state index contributed by atoms with van der Waals surface area (Å²) in [6, 6.07) is 9.42. The first-order valence-electron chi connectivity index (χ1n) is 6.87. The SMILES string of the molecule is CC(C)C[C@H](c1ccccc1I)N1CCNCC1.Cl.Cl. The predicted molar refractivity (Wildman–Crippen MR) is 100 cm³/mol. The van der Waals surface area contributed by atoms with Crippen molar-refractivity contribution in [3.05, 3.63) is 33.4 Å². The molecule has 0 amide bonds. The molecule has 2 nitrogen and oxygen atoms in total. The van der Waals surface area contributed by atoms with E-state index in [4.69, 9.17) is 0 Å². The van der Waals surface area contributed by atoms with Gasteiger partial charge in [-0.15, -0.1) is 24.8 Å². The molecule has 1 heterocycles. The molecule has 0 aromatic heterocycles. The van der Waals surface area contributed by atoms with Crippen LogP contribution in [0.2, 0.25) is 0 Å². The third-order valence-electron chi connectivity index (χ3n) is 3.55. The number of piperazine rings is 1. The lowest BCUT2D eigenvalue weighted by molar-refractivity contribution is 0.153. The highest BCUT2D eigenvalue weighted by Gasteiger charge is 2.24. The molecule has 0 spiro atoms. The lowest BCUT2D eigenvalue weighted by Gasteiger charge is -2.36. The summed E-state index contributed by atoms with van der Waals surface area (Å²) in [5.41, 5.74) is 1.51. The molecule has 5 heteroatoms. The van der Waals surface area contributed by atoms with Gasteiger partial charge in [0.15, 0.2) is 0 Å². The van der Waals surface area contributed by atoms with Crippen molar-refractivity contribution < 1.29 is 0 Å². The predicted octanol–water partition coefficient (Wildman–Crippen LogP) is 4.13. The topological polar surface area (TPSA) is 15.3 Å². The summed E-state index contributed by atoms with van der Waals surface area (Å²) < 4.78 is 1.40. The zero-order valence-corrected chi connectivity index (χ0v) is 15.9. The van der Waals surface area contributed by atoms with Crippen LogP contribution in [-0.2, 0) is 0 Å². The summed E-state index contributed by atoms with van der Waals surface area (Å²) in [5.74, 6) is 0.737. The van der Waals surface area contributed by atoms with Crippen LogP contribution in [0.1, 0.15) is 31.9 Å². The van der Waals surface area contributed by atoms with E-state index >= 15 is 0 Å². The van der Waals surface area contributed by atoms with Gasteiger partial charge in [-0.25, -0.2) is 0 Å². The van der Waals surface area contributed by atoms with Crippen molar-refractivity contribution in [2.24, 2.45) is 5.92 Å². The van der Waals surface area contributed by atoms with Crippen LogP contribution in [-0.4, -0.2) is 31.1 Å². The Kier molecular flexibility index (Phi) is 10.5. The van der Waals surface area contributed by atoms with Crippen molar-refractivity contribution in [3.63, 3.8) is 0 Å². The van der Waals surface area contributed by atoms with Gasteiger partial charge in [-0.2, -0.15) is 0 Å². The highest BCUT2D eigenvalue weighted by atomic mass is 127. The van der Waals surface area contributed by atoms with E-state index in [1.54, 1.807) is 0 Å². The molecule has 1 aliphatic heterocycles. The quantitative estimate of drug-likeness (QED) is 0.722. The van der Waals surface area contributed by atoms with Crippen molar-refractivity contribution in [2.75, 3.05) is 26.2 Å². The number of nitrogens with one attached hydrogen (secondary N) is 1. The van der Waals surface area contributed by atoms with E-state index in [-0.39, 0.29) is 24.8 Å². The molecule has 1 N–H and O–H groups in total. The molecule has 116 valence electrons. The van der Waals surface area contributed by atoms with E-state index in [1.807, 2.05) is 0 Å². The Morgan fingerprint density at radius 2 is 1.75 bits per heavy atom. The maximum absolute atomic E-state index is 3.45. The van der Waals surface area contributed by atoms with Crippen LogP contribution in [0.3, 0.4) is 0 Å². The first kappa shape index (κ1) is 20.5. The van der Waals surface area contributed by atoms with Crippen LogP contribution in [0, 0.1) is 9.49 Å². The largest absolute Gasteiger partial charge is 0.314 e. The fourth-order valence-corrected chi connectivity index (χ4v) is 3.41. The number of nitrogens with zero attached hydrogens (tertiary/aromatic N) is 1. The van der Waals surface area contributed by atoms with Gasteiger partial charge in [-0.1, -0.05) is 32.0 Å². The molecule has 0 saturated carbocycles. The van der Waals surface area contributed by atoms with E-state index in [1.165, 1.54) is 28.6 Å². The monoisotopic (exact) mass is 430 g/mol. The molecule has 20 heavy (non-hydrogen) atoms. The average molecular weight is 431 g/mol. The van der Waals surface area contributed by atoms with Crippen molar-refractivity contribution in [3.8, 4) is 0 Å². The maximum atomic E-state index is 3.45. The summed E-state index contributed by atoms with van der Waals surface area (Å²) in [7, 11) is 0. The standard InChI is InChI=1S/C15H23IN2.2ClH/c1-12(2)11-15(18-9-7-17-8-10-18)13-5-3-4-6-14(13)16;;/h3-6,12,15,17H,7-11H2,1-2H3;2*1H/t15-;;/m1../s1. The lowest BCUT2D eigenvalue weighted by Crippen LogP contribution is -2.45. The van der Waals surface area contributed by atoms with Crippen LogP contribution in [0.4, 0.5) is 0 Å². The summed E-state index contributed by atoms with van der Waals surface area (Å²) in [4.78, 5) is 2.65. The minimum atomic E-state index is 0. The second kappa shape index (κ2) is 10.2. The Bertz CT molecular complexity index is 382. The Morgan fingerprint density at radius 1 is 1.15 bits per heavy atom. The van der Waals surface area contributed by atoms with Gasteiger partial charge in [-0.3, -0.25) is 4.90 Å². The van der Waals surface area contributed by atoms with Crippen molar-refractivity contribution in [1.82, 2.24) is 10.2 Å². The van der Waals surface area contributed by atoms with Gasteiger partial charge in [0.2, 0.25) is 0 Å². The molecule has 1 aromatic carbocycles.